The first-order chi connectivity index (χ1) is 17.9. The summed E-state index contributed by atoms with van der Waals surface area (Å²) in [6, 6.07) is 11.9. The van der Waals surface area contributed by atoms with Crippen molar-refractivity contribution in [3.63, 3.8) is 0 Å². The minimum absolute atomic E-state index is 0. The summed E-state index contributed by atoms with van der Waals surface area (Å²) in [5.74, 6) is -4.10. The molecule has 1 heterocycles. The number of benzene rings is 3. The van der Waals surface area contributed by atoms with Crippen LogP contribution in [-0.4, -0.2) is 32.8 Å². The van der Waals surface area contributed by atoms with E-state index in [1.54, 1.807) is 0 Å². The van der Waals surface area contributed by atoms with Gasteiger partial charge in [0, 0.05) is 23.9 Å². The van der Waals surface area contributed by atoms with Crippen LogP contribution in [-0.2, 0) is 29.1 Å². The van der Waals surface area contributed by atoms with Gasteiger partial charge >= 0.3 is 0 Å². The average Bonchev–Trinajstić information content (AvgIpc) is 2.87. The van der Waals surface area contributed by atoms with Crippen LogP contribution >= 0.6 is 12.4 Å². The Kier molecular flexibility index (Phi) is 8.91. The minimum atomic E-state index is -4.13. The molecule has 208 valence electrons. The topological polar surface area (TPSA) is 136 Å². The third-order valence-electron chi connectivity index (χ3n) is 5.92. The van der Waals surface area contributed by atoms with E-state index in [0.717, 1.165) is 12.1 Å². The maximum absolute atomic E-state index is 15.3. The SMILES string of the molecule is COc1cc2c(-c3ccc(CNS(N)(=O)=O)c(CC(F)(F)c4ccccc4F)c3)n[nH]c(=O)c2cc1OC.Cl. The maximum Gasteiger partial charge on any atom is 0.280 e. The highest BCUT2D eigenvalue weighted by Crippen LogP contribution is 2.38. The number of hydrogen-bond donors (Lipinski definition) is 3. The van der Waals surface area contributed by atoms with Crippen molar-refractivity contribution in [3.05, 3.63) is 87.5 Å². The molecule has 0 radical (unpaired) electrons. The molecule has 4 rings (SSSR count). The largest absolute Gasteiger partial charge is 0.493 e. The third kappa shape index (κ3) is 6.50. The number of fused-ring (bicyclic) bond motifs is 1. The molecule has 1 aromatic heterocycles. The number of ether oxygens (including phenoxy) is 2. The summed E-state index contributed by atoms with van der Waals surface area (Å²) >= 11 is 0. The molecule has 0 unspecified atom stereocenters. The number of aromatic nitrogens is 2. The molecule has 9 nitrogen and oxygen atoms in total. The van der Waals surface area contributed by atoms with E-state index in [9.17, 15) is 17.6 Å². The van der Waals surface area contributed by atoms with Crippen molar-refractivity contribution in [2.75, 3.05) is 14.2 Å². The molecule has 0 spiro atoms. The highest BCUT2D eigenvalue weighted by Gasteiger charge is 2.35. The normalized spacial score (nSPS) is 11.7. The lowest BCUT2D eigenvalue weighted by molar-refractivity contribution is -0.00748. The summed E-state index contributed by atoms with van der Waals surface area (Å²) < 4.78 is 80.4. The molecule has 0 aliphatic rings. The summed E-state index contributed by atoms with van der Waals surface area (Å²) in [6.07, 6.45) is -0.957. The first kappa shape index (κ1) is 29.9. The highest BCUT2D eigenvalue weighted by molar-refractivity contribution is 7.87. The van der Waals surface area contributed by atoms with E-state index >= 15 is 8.78 Å². The molecule has 0 fully saturated rings. The standard InChI is InChI=1S/C25H23F3N4O5S.ClH/c1-36-21-10-17-18(11-22(21)37-2)24(33)32-31-23(17)14-7-8-15(13-30-38(29,34)35)16(9-14)12-25(27,28)19-5-3-4-6-20(19)26;/h3-11,30H,12-13H2,1-2H3,(H,32,33)(H2,29,34,35);1H. The lowest BCUT2D eigenvalue weighted by Crippen LogP contribution is -2.31. The third-order valence-corrected chi connectivity index (χ3v) is 6.46. The van der Waals surface area contributed by atoms with Crippen molar-refractivity contribution < 1.29 is 31.1 Å². The molecule has 4 aromatic rings. The molecule has 0 bridgehead atoms. The Morgan fingerprint density at radius 1 is 1.00 bits per heavy atom. The van der Waals surface area contributed by atoms with Crippen molar-refractivity contribution in [2.24, 2.45) is 5.14 Å². The van der Waals surface area contributed by atoms with Crippen LogP contribution in [0.15, 0.2) is 59.4 Å². The van der Waals surface area contributed by atoms with E-state index in [1.165, 1.54) is 56.7 Å². The Bertz CT molecular complexity index is 1680. The second-order valence-electron chi connectivity index (χ2n) is 8.36. The fourth-order valence-corrected chi connectivity index (χ4v) is 4.45. The van der Waals surface area contributed by atoms with Crippen LogP contribution in [0.5, 0.6) is 11.5 Å². The maximum atomic E-state index is 15.3. The molecule has 3 aromatic carbocycles. The van der Waals surface area contributed by atoms with Gasteiger partial charge in [-0.15, -0.1) is 12.4 Å². The predicted octanol–water partition coefficient (Wildman–Crippen LogP) is 3.80. The van der Waals surface area contributed by atoms with Gasteiger partial charge in [-0.25, -0.2) is 23.4 Å². The molecule has 0 aliphatic carbocycles. The van der Waals surface area contributed by atoms with Gasteiger partial charge in [0.1, 0.15) is 5.82 Å². The number of aromatic amines is 1. The van der Waals surface area contributed by atoms with Crippen molar-refractivity contribution in [1.29, 1.82) is 0 Å². The lowest BCUT2D eigenvalue weighted by atomic mass is 9.93. The summed E-state index contributed by atoms with van der Waals surface area (Å²) in [5.41, 5.74) is -0.551. The quantitative estimate of drug-likeness (QED) is 0.274. The van der Waals surface area contributed by atoms with Gasteiger partial charge in [-0.2, -0.15) is 18.2 Å². The molecular formula is C25H24ClF3N4O5S. The van der Waals surface area contributed by atoms with Gasteiger partial charge in [0.25, 0.3) is 21.7 Å². The molecule has 0 amide bonds. The number of alkyl halides is 2. The first-order valence-corrected chi connectivity index (χ1v) is 12.6. The Balaban J connectivity index is 0.00000420. The second kappa shape index (κ2) is 11.6. The van der Waals surface area contributed by atoms with Crippen LogP contribution in [0.3, 0.4) is 0 Å². The van der Waals surface area contributed by atoms with E-state index in [0.29, 0.717) is 22.4 Å². The molecule has 4 N–H and O–H groups in total. The minimum Gasteiger partial charge on any atom is -0.493 e. The number of H-pyrrole nitrogens is 1. The van der Waals surface area contributed by atoms with Gasteiger partial charge in [0.2, 0.25) is 0 Å². The molecule has 0 saturated carbocycles. The van der Waals surface area contributed by atoms with E-state index in [-0.39, 0.29) is 41.2 Å². The van der Waals surface area contributed by atoms with Gasteiger partial charge in [0.15, 0.2) is 11.5 Å². The van der Waals surface area contributed by atoms with Crippen LogP contribution < -0.4 is 24.9 Å². The molecular weight excluding hydrogens is 561 g/mol. The van der Waals surface area contributed by atoms with Crippen LogP contribution in [0.25, 0.3) is 22.0 Å². The number of halogens is 4. The number of nitrogens with two attached hydrogens (primary N) is 1. The fourth-order valence-electron chi connectivity index (χ4n) is 4.09. The van der Waals surface area contributed by atoms with Gasteiger partial charge in [-0.05, 0) is 35.4 Å². The van der Waals surface area contributed by atoms with Crippen LogP contribution in [0.1, 0.15) is 16.7 Å². The monoisotopic (exact) mass is 584 g/mol. The Morgan fingerprint density at radius 3 is 2.26 bits per heavy atom. The smallest absolute Gasteiger partial charge is 0.280 e. The number of rotatable bonds is 9. The zero-order chi connectivity index (χ0) is 27.7. The highest BCUT2D eigenvalue weighted by atomic mass is 35.5. The Hall–Kier alpha value is -3.65. The summed E-state index contributed by atoms with van der Waals surface area (Å²) in [4.78, 5) is 12.5. The average molecular weight is 585 g/mol. The summed E-state index contributed by atoms with van der Waals surface area (Å²) in [6.45, 7) is -0.382. The molecule has 39 heavy (non-hydrogen) atoms. The number of hydrogen-bond acceptors (Lipinski definition) is 6. The van der Waals surface area contributed by atoms with Crippen molar-refractivity contribution >= 4 is 33.4 Å². The molecule has 0 saturated heterocycles. The molecule has 0 atom stereocenters. The van der Waals surface area contributed by atoms with Crippen LogP contribution in [0, 0.1) is 5.82 Å². The van der Waals surface area contributed by atoms with Crippen LogP contribution in [0.4, 0.5) is 13.2 Å². The predicted molar refractivity (Wildman–Crippen MR) is 142 cm³/mol. The zero-order valence-electron chi connectivity index (χ0n) is 20.6. The number of nitrogens with zero attached hydrogens (tertiary/aromatic N) is 1. The van der Waals surface area contributed by atoms with E-state index in [1.807, 2.05) is 0 Å². The van der Waals surface area contributed by atoms with Crippen molar-refractivity contribution in [3.8, 4) is 22.8 Å². The fraction of sp³-hybridized carbons (Fsp3) is 0.200. The van der Waals surface area contributed by atoms with Gasteiger partial charge in [-0.1, -0.05) is 30.3 Å². The number of methoxy groups -OCH3 is 2. The Labute approximate surface area is 227 Å². The summed E-state index contributed by atoms with van der Waals surface area (Å²) in [5, 5.41) is 12.1. The van der Waals surface area contributed by atoms with E-state index in [2.05, 4.69) is 14.9 Å². The Morgan fingerprint density at radius 2 is 1.64 bits per heavy atom. The molecule has 14 heteroatoms. The van der Waals surface area contributed by atoms with Gasteiger partial charge < -0.3 is 9.47 Å². The van der Waals surface area contributed by atoms with Crippen molar-refractivity contribution in [2.45, 2.75) is 18.9 Å². The van der Waals surface area contributed by atoms with Crippen molar-refractivity contribution in [1.82, 2.24) is 14.9 Å². The van der Waals surface area contributed by atoms with Gasteiger partial charge in [0.05, 0.1) is 30.9 Å². The number of nitrogens with one attached hydrogen (secondary N) is 2. The molecule has 0 aliphatic heterocycles. The zero-order valence-corrected chi connectivity index (χ0v) is 22.3. The van der Waals surface area contributed by atoms with E-state index in [4.69, 9.17) is 14.6 Å². The van der Waals surface area contributed by atoms with E-state index < -0.39 is 39.5 Å². The van der Waals surface area contributed by atoms with Crippen LogP contribution in [0.2, 0.25) is 0 Å². The second-order valence-corrected chi connectivity index (χ2v) is 9.74. The summed E-state index contributed by atoms with van der Waals surface area (Å²) in [7, 11) is -1.30. The lowest BCUT2D eigenvalue weighted by Gasteiger charge is -2.20. The first-order valence-electron chi connectivity index (χ1n) is 11.1. The van der Waals surface area contributed by atoms with Gasteiger partial charge in [-0.3, -0.25) is 4.79 Å².